The lowest BCUT2D eigenvalue weighted by atomic mass is 10.0. The number of rotatable bonds is 2. The highest BCUT2D eigenvalue weighted by Crippen LogP contribution is 2.39. The Labute approximate surface area is 134 Å². The van der Waals surface area contributed by atoms with Crippen LogP contribution < -0.4 is 0 Å². The average Bonchev–Trinajstić information content (AvgIpc) is 2.96. The van der Waals surface area contributed by atoms with Gasteiger partial charge in [0.25, 0.3) is 0 Å². The number of ether oxygens (including phenoxy) is 1. The number of esters is 1. The number of carbonyl (C=O) groups is 1. The Balaban J connectivity index is 2.18. The summed E-state index contributed by atoms with van der Waals surface area (Å²) in [6.07, 6.45) is 0. The highest BCUT2D eigenvalue weighted by molar-refractivity contribution is 7.17. The molecule has 1 aromatic carbocycles. The maximum Gasteiger partial charge on any atom is 0.339 e. The quantitative estimate of drug-likeness (QED) is 0.701. The summed E-state index contributed by atoms with van der Waals surface area (Å²) in [5, 5.41) is 0.943. The molecule has 102 valence electrons. The number of thiophene rings is 1. The van der Waals surface area contributed by atoms with Crippen molar-refractivity contribution in [2.24, 2.45) is 0 Å². The summed E-state index contributed by atoms with van der Waals surface area (Å²) in [5.74, 6) is -0.381. The van der Waals surface area contributed by atoms with E-state index in [0.29, 0.717) is 25.5 Å². The fourth-order valence-corrected chi connectivity index (χ4v) is 3.62. The van der Waals surface area contributed by atoms with Crippen LogP contribution in [0.3, 0.4) is 0 Å². The number of benzene rings is 1. The van der Waals surface area contributed by atoms with Crippen LogP contribution in [0, 0.1) is 0 Å². The first kappa shape index (κ1) is 14.0. The van der Waals surface area contributed by atoms with Crippen LogP contribution in [0.5, 0.6) is 0 Å². The first-order chi connectivity index (χ1) is 9.56. The second-order valence-electron chi connectivity index (χ2n) is 4.16. The average molecular weight is 346 g/mol. The lowest BCUT2D eigenvalue weighted by molar-refractivity contribution is -0.133. The zero-order chi connectivity index (χ0) is 14.3. The Morgan fingerprint density at radius 1 is 1.10 bits per heavy atom. The highest BCUT2D eigenvalue weighted by atomic mass is 35.5. The van der Waals surface area contributed by atoms with Gasteiger partial charge in [-0.1, -0.05) is 40.9 Å². The minimum atomic E-state index is -0.381. The molecule has 3 rings (SSSR count). The van der Waals surface area contributed by atoms with Crippen molar-refractivity contribution < 1.29 is 9.53 Å². The Morgan fingerprint density at radius 2 is 1.90 bits per heavy atom. The van der Waals surface area contributed by atoms with E-state index in [1.807, 2.05) is 6.07 Å². The summed E-state index contributed by atoms with van der Waals surface area (Å²) in [5.41, 5.74) is 1.90. The van der Waals surface area contributed by atoms with Gasteiger partial charge in [-0.2, -0.15) is 0 Å². The molecule has 0 amide bonds. The molecule has 0 spiro atoms. The molecule has 2 aromatic rings. The molecule has 6 heteroatoms. The fourth-order valence-electron chi connectivity index (χ4n) is 2.04. The zero-order valence-corrected chi connectivity index (χ0v) is 13.0. The molecular formula is C14H7Cl3O2S. The normalized spacial score (nSPS) is 14.8. The number of cyclic esters (lactones) is 1. The monoisotopic (exact) mass is 344 g/mol. The summed E-state index contributed by atoms with van der Waals surface area (Å²) in [4.78, 5) is 12.9. The van der Waals surface area contributed by atoms with Crippen molar-refractivity contribution in [3.63, 3.8) is 0 Å². The molecule has 0 fully saturated rings. The van der Waals surface area contributed by atoms with E-state index >= 15 is 0 Å². The maximum absolute atomic E-state index is 12.0. The van der Waals surface area contributed by atoms with E-state index in [9.17, 15) is 4.79 Å². The zero-order valence-electron chi connectivity index (χ0n) is 9.95. The van der Waals surface area contributed by atoms with Gasteiger partial charge in [-0.05, 0) is 24.3 Å². The first-order valence-corrected chi connectivity index (χ1v) is 7.62. The molecule has 0 bridgehead atoms. The molecule has 0 unspecified atom stereocenters. The Hall–Kier alpha value is -1.000. The number of halogens is 3. The molecule has 0 saturated heterocycles. The molecule has 1 aromatic heterocycles. The highest BCUT2D eigenvalue weighted by Gasteiger charge is 2.29. The van der Waals surface area contributed by atoms with Gasteiger partial charge in [0.2, 0.25) is 0 Å². The molecule has 0 radical (unpaired) electrons. The molecule has 2 heterocycles. The third-order valence-electron chi connectivity index (χ3n) is 2.92. The molecule has 0 N–H and O–H groups in total. The van der Waals surface area contributed by atoms with E-state index in [-0.39, 0.29) is 12.6 Å². The van der Waals surface area contributed by atoms with Crippen molar-refractivity contribution in [1.82, 2.24) is 0 Å². The van der Waals surface area contributed by atoms with Crippen LogP contribution in [0.15, 0.2) is 30.3 Å². The molecule has 0 atom stereocenters. The van der Waals surface area contributed by atoms with E-state index in [2.05, 4.69) is 0 Å². The Bertz CT molecular complexity index is 734. The first-order valence-electron chi connectivity index (χ1n) is 5.67. The van der Waals surface area contributed by atoms with Crippen molar-refractivity contribution in [2.45, 2.75) is 0 Å². The second kappa shape index (κ2) is 5.41. The summed E-state index contributed by atoms with van der Waals surface area (Å²) in [7, 11) is 0. The van der Waals surface area contributed by atoms with Gasteiger partial charge < -0.3 is 4.74 Å². The summed E-state index contributed by atoms with van der Waals surface area (Å²) < 4.78 is 5.80. The summed E-state index contributed by atoms with van der Waals surface area (Å²) in [6.45, 7) is 0.226. The van der Waals surface area contributed by atoms with Crippen molar-refractivity contribution in [3.05, 3.63) is 55.2 Å². The Kier molecular flexibility index (Phi) is 3.78. The van der Waals surface area contributed by atoms with Gasteiger partial charge >= 0.3 is 5.97 Å². The number of carbonyl (C=O) groups excluding carboxylic acids is 1. The van der Waals surface area contributed by atoms with Gasteiger partial charge in [0.15, 0.2) is 0 Å². The number of hydrogen-bond donors (Lipinski definition) is 0. The van der Waals surface area contributed by atoms with Crippen LogP contribution in [0.25, 0.3) is 11.1 Å². The second-order valence-corrected chi connectivity index (χ2v) is 6.72. The predicted octanol–water partition coefficient (Wildman–Crippen LogP) is 5.18. The molecule has 2 nitrogen and oxygen atoms in total. The molecule has 1 aliphatic heterocycles. The van der Waals surface area contributed by atoms with Crippen molar-refractivity contribution in [1.29, 1.82) is 0 Å². The van der Waals surface area contributed by atoms with Gasteiger partial charge in [0, 0.05) is 21.0 Å². The van der Waals surface area contributed by atoms with Crippen molar-refractivity contribution in [2.75, 3.05) is 6.61 Å². The third-order valence-corrected chi connectivity index (χ3v) is 4.76. The van der Waals surface area contributed by atoms with Gasteiger partial charge in [-0.25, -0.2) is 4.79 Å². The third kappa shape index (κ3) is 2.47. The van der Waals surface area contributed by atoms with E-state index in [1.165, 1.54) is 11.3 Å². The maximum atomic E-state index is 12.0. The van der Waals surface area contributed by atoms with Gasteiger partial charge in [0.05, 0.1) is 14.9 Å². The molecule has 0 saturated carbocycles. The minimum Gasteiger partial charge on any atom is -0.457 e. The van der Waals surface area contributed by atoms with Crippen LogP contribution in [0.2, 0.25) is 14.4 Å². The SMILES string of the molecule is O=C1OCC(c2ccc(Cl)s2)=C1c1ccc(Cl)cc1Cl. The van der Waals surface area contributed by atoms with Crippen LogP contribution in [-0.2, 0) is 9.53 Å². The van der Waals surface area contributed by atoms with E-state index in [0.717, 1.165) is 10.5 Å². The van der Waals surface area contributed by atoms with Crippen LogP contribution in [0.4, 0.5) is 0 Å². The standard InChI is InChI=1S/C14H7Cl3O2S/c15-7-1-2-8(10(16)5-7)13-9(6-19-14(13)18)11-3-4-12(17)20-11/h1-5H,6H2. The van der Waals surface area contributed by atoms with Crippen molar-refractivity contribution in [3.8, 4) is 0 Å². The van der Waals surface area contributed by atoms with Crippen LogP contribution >= 0.6 is 46.1 Å². The summed E-state index contributed by atoms with van der Waals surface area (Å²) >= 11 is 19.4. The lowest BCUT2D eigenvalue weighted by Crippen LogP contribution is -1.99. The fraction of sp³-hybridized carbons (Fsp3) is 0.0714. The van der Waals surface area contributed by atoms with Crippen LogP contribution in [-0.4, -0.2) is 12.6 Å². The topological polar surface area (TPSA) is 26.3 Å². The van der Waals surface area contributed by atoms with Gasteiger partial charge in [-0.3, -0.25) is 0 Å². The largest absolute Gasteiger partial charge is 0.457 e. The summed E-state index contributed by atoms with van der Waals surface area (Å²) in [6, 6.07) is 8.69. The lowest BCUT2D eigenvalue weighted by Gasteiger charge is -2.05. The van der Waals surface area contributed by atoms with Crippen LogP contribution in [0.1, 0.15) is 10.4 Å². The minimum absolute atomic E-state index is 0.226. The Morgan fingerprint density at radius 3 is 2.55 bits per heavy atom. The van der Waals surface area contributed by atoms with Gasteiger partial charge in [-0.15, -0.1) is 11.3 Å². The number of hydrogen-bond acceptors (Lipinski definition) is 3. The van der Waals surface area contributed by atoms with E-state index in [1.54, 1.807) is 24.3 Å². The predicted molar refractivity (Wildman–Crippen MR) is 83.6 cm³/mol. The van der Waals surface area contributed by atoms with E-state index < -0.39 is 0 Å². The van der Waals surface area contributed by atoms with Crippen molar-refractivity contribution >= 4 is 63.3 Å². The molecular weight excluding hydrogens is 339 g/mol. The molecule has 20 heavy (non-hydrogen) atoms. The molecule has 1 aliphatic rings. The van der Waals surface area contributed by atoms with E-state index in [4.69, 9.17) is 39.5 Å². The van der Waals surface area contributed by atoms with Gasteiger partial charge in [0.1, 0.15) is 6.61 Å². The molecule has 0 aliphatic carbocycles. The smallest absolute Gasteiger partial charge is 0.339 e.